The molecule has 0 fully saturated rings. The van der Waals surface area contributed by atoms with E-state index in [1.807, 2.05) is 0 Å². The molecule has 1 heterocycles. The summed E-state index contributed by atoms with van der Waals surface area (Å²) in [5.74, 6) is 1.21. The molecule has 0 aliphatic heterocycles. The standard InChI is InChI=1S/C23H32N2O/c1-17(2)13-24(14-18(3)4)15-19(26)16-25-22-11-7-5-9-20(22)21-10-6-8-12-23(21)25/h5-12,17-19,26H,13-16H2,1-4H3/t19-/m1/s1. The number of hydrogen-bond donors (Lipinski definition) is 1. The van der Waals surface area contributed by atoms with Crippen molar-refractivity contribution in [2.24, 2.45) is 11.8 Å². The Kier molecular flexibility index (Phi) is 6.00. The average molecular weight is 353 g/mol. The topological polar surface area (TPSA) is 28.4 Å². The second kappa shape index (κ2) is 8.24. The number of fused-ring (bicyclic) bond motifs is 3. The molecular formula is C23H32N2O. The van der Waals surface area contributed by atoms with E-state index in [-0.39, 0.29) is 6.10 Å². The van der Waals surface area contributed by atoms with Crippen LogP contribution in [0.25, 0.3) is 21.8 Å². The fourth-order valence-corrected chi connectivity index (χ4v) is 4.02. The van der Waals surface area contributed by atoms with Crippen LogP contribution in [0.1, 0.15) is 27.7 Å². The lowest BCUT2D eigenvalue weighted by atomic mass is 10.1. The van der Waals surface area contributed by atoms with Gasteiger partial charge in [-0.25, -0.2) is 0 Å². The molecule has 3 nitrogen and oxygen atoms in total. The Bertz CT molecular complexity index is 786. The van der Waals surface area contributed by atoms with Crippen molar-refractivity contribution in [3.63, 3.8) is 0 Å². The van der Waals surface area contributed by atoms with Gasteiger partial charge in [0, 0.05) is 41.4 Å². The maximum Gasteiger partial charge on any atom is 0.0845 e. The molecule has 0 bridgehead atoms. The first-order valence-electron chi connectivity index (χ1n) is 9.82. The lowest BCUT2D eigenvalue weighted by Crippen LogP contribution is -2.39. The maximum atomic E-state index is 10.9. The highest BCUT2D eigenvalue weighted by Gasteiger charge is 2.17. The molecule has 1 aromatic heterocycles. The molecule has 0 aliphatic rings. The van der Waals surface area contributed by atoms with Crippen molar-refractivity contribution in [3.8, 4) is 0 Å². The van der Waals surface area contributed by atoms with Crippen LogP contribution in [0, 0.1) is 11.8 Å². The van der Waals surface area contributed by atoms with Crippen LogP contribution in [0.5, 0.6) is 0 Å². The van der Waals surface area contributed by atoms with Crippen molar-refractivity contribution < 1.29 is 5.11 Å². The molecule has 0 radical (unpaired) electrons. The summed E-state index contributed by atoms with van der Waals surface area (Å²) in [6.07, 6.45) is -0.383. The fraction of sp³-hybridized carbons (Fsp3) is 0.478. The highest BCUT2D eigenvalue weighted by molar-refractivity contribution is 6.07. The predicted octanol–water partition coefficient (Wildman–Crippen LogP) is 4.77. The summed E-state index contributed by atoms with van der Waals surface area (Å²) in [5, 5.41) is 13.4. The molecule has 3 aromatic rings. The minimum Gasteiger partial charge on any atom is -0.390 e. The van der Waals surface area contributed by atoms with E-state index in [0.717, 1.165) is 19.6 Å². The van der Waals surface area contributed by atoms with Crippen molar-refractivity contribution in [1.29, 1.82) is 0 Å². The van der Waals surface area contributed by atoms with Gasteiger partial charge in [-0.05, 0) is 24.0 Å². The number of benzene rings is 2. The number of nitrogens with zero attached hydrogens (tertiary/aromatic N) is 2. The monoisotopic (exact) mass is 352 g/mol. The summed E-state index contributed by atoms with van der Waals surface area (Å²) in [6, 6.07) is 17.0. The van der Waals surface area contributed by atoms with Gasteiger partial charge in [0.1, 0.15) is 0 Å². The van der Waals surface area contributed by atoms with Gasteiger partial charge in [-0.2, -0.15) is 0 Å². The highest BCUT2D eigenvalue weighted by Crippen LogP contribution is 2.28. The molecule has 140 valence electrons. The summed E-state index contributed by atoms with van der Waals surface area (Å²) in [4.78, 5) is 2.41. The van der Waals surface area contributed by atoms with Crippen LogP contribution in [0.15, 0.2) is 48.5 Å². The second-order valence-electron chi connectivity index (χ2n) is 8.30. The first-order valence-corrected chi connectivity index (χ1v) is 9.82. The minimum absolute atomic E-state index is 0.383. The zero-order valence-corrected chi connectivity index (χ0v) is 16.5. The summed E-state index contributed by atoms with van der Waals surface area (Å²) in [5.41, 5.74) is 2.40. The third-order valence-electron chi connectivity index (χ3n) is 4.79. The predicted molar refractivity (Wildman–Crippen MR) is 112 cm³/mol. The molecule has 3 heteroatoms. The Balaban J connectivity index is 1.85. The SMILES string of the molecule is CC(C)CN(CC(C)C)C[C@@H](O)Cn1c2ccccc2c2ccccc21. The van der Waals surface area contributed by atoms with Crippen molar-refractivity contribution in [1.82, 2.24) is 9.47 Å². The zero-order chi connectivity index (χ0) is 18.7. The van der Waals surface area contributed by atoms with Crippen LogP contribution >= 0.6 is 0 Å². The third-order valence-corrected chi connectivity index (χ3v) is 4.79. The van der Waals surface area contributed by atoms with Gasteiger partial charge >= 0.3 is 0 Å². The van der Waals surface area contributed by atoms with Gasteiger partial charge in [-0.15, -0.1) is 0 Å². The number of aromatic nitrogens is 1. The number of hydrogen-bond acceptors (Lipinski definition) is 2. The molecule has 0 unspecified atom stereocenters. The molecule has 0 saturated carbocycles. The summed E-state index contributed by atoms with van der Waals surface area (Å²) in [6.45, 7) is 12.4. The van der Waals surface area contributed by atoms with E-state index in [4.69, 9.17) is 0 Å². The van der Waals surface area contributed by atoms with Crippen LogP contribution in [0.2, 0.25) is 0 Å². The molecule has 0 amide bonds. The van der Waals surface area contributed by atoms with E-state index >= 15 is 0 Å². The van der Waals surface area contributed by atoms with E-state index in [1.54, 1.807) is 0 Å². The first-order chi connectivity index (χ1) is 12.5. The van der Waals surface area contributed by atoms with E-state index in [1.165, 1.54) is 21.8 Å². The van der Waals surface area contributed by atoms with Gasteiger partial charge in [0.25, 0.3) is 0 Å². The normalized spacial score (nSPS) is 13.5. The molecule has 1 atom stereocenters. The summed E-state index contributed by atoms with van der Waals surface area (Å²) in [7, 11) is 0. The Labute approximate surface area is 157 Å². The molecule has 26 heavy (non-hydrogen) atoms. The van der Waals surface area contributed by atoms with Crippen molar-refractivity contribution in [3.05, 3.63) is 48.5 Å². The molecule has 0 aliphatic carbocycles. The lowest BCUT2D eigenvalue weighted by Gasteiger charge is -2.28. The number of aliphatic hydroxyl groups excluding tert-OH is 1. The lowest BCUT2D eigenvalue weighted by molar-refractivity contribution is 0.0877. The van der Waals surface area contributed by atoms with Crippen LogP contribution in [-0.4, -0.2) is 40.3 Å². The van der Waals surface area contributed by atoms with Crippen LogP contribution in [0.3, 0.4) is 0 Å². The highest BCUT2D eigenvalue weighted by atomic mass is 16.3. The molecule has 1 N–H and O–H groups in total. The minimum atomic E-state index is -0.383. The maximum absolute atomic E-state index is 10.9. The van der Waals surface area contributed by atoms with Crippen molar-refractivity contribution >= 4 is 21.8 Å². The Morgan fingerprint density at radius 2 is 1.23 bits per heavy atom. The van der Waals surface area contributed by atoms with Crippen molar-refractivity contribution in [2.75, 3.05) is 19.6 Å². The van der Waals surface area contributed by atoms with E-state index in [0.29, 0.717) is 18.4 Å². The Morgan fingerprint density at radius 3 is 1.69 bits per heavy atom. The quantitative estimate of drug-likeness (QED) is 0.632. The van der Waals surface area contributed by atoms with E-state index < -0.39 is 0 Å². The van der Waals surface area contributed by atoms with E-state index in [2.05, 4.69) is 85.7 Å². The number of para-hydroxylation sites is 2. The van der Waals surface area contributed by atoms with Gasteiger partial charge in [0.15, 0.2) is 0 Å². The van der Waals surface area contributed by atoms with E-state index in [9.17, 15) is 5.11 Å². The Morgan fingerprint density at radius 1 is 0.769 bits per heavy atom. The van der Waals surface area contributed by atoms with Gasteiger partial charge in [-0.1, -0.05) is 64.1 Å². The molecule has 2 aromatic carbocycles. The third kappa shape index (κ3) is 4.28. The molecule has 3 rings (SSSR count). The van der Waals surface area contributed by atoms with Gasteiger partial charge in [0.05, 0.1) is 12.6 Å². The largest absolute Gasteiger partial charge is 0.390 e. The fourth-order valence-electron chi connectivity index (χ4n) is 4.02. The molecular weight excluding hydrogens is 320 g/mol. The smallest absolute Gasteiger partial charge is 0.0845 e. The van der Waals surface area contributed by atoms with Crippen molar-refractivity contribution in [2.45, 2.75) is 40.3 Å². The average Bonchev–Trinajstić information content (AvgIpc) is 2.88. The van der Waals surface area contributed by atoms with Crippen LogP contribution in [0.4, 0.5) is 0 Å². The van der Waals surface area contributed by atoms with Crippen LogP contribution < -0.4 is 0 Å². The Hall–Kier alpha value is -1.84. The second-order valence-corrected chi connectivity index (χ2v) is 8.30. The van der Waals surface area contributed by atoms with Gasteiger partial charge in [-0.3, -0.25) is 0 Å². The van der Waals surface area contributed by atoms with Gasteiger partial charge < -0.3 is 14.6 Å². The molecule has 0 spiro atoms. The number of aliphatic hydroxyl groups is 1. The zero-order valence-electron chi connectivity index (χ0n) is 16.5. The van der Waals surface area contributed by atoms with Gasteiger partial charge in [0.2, 0.25) is 0 Å². The first kappa shape index (κ1) is 18.9. The van der Waals surface area contributed by atoms with Crippen LogP contribution in [-0.2, 0) is 6.54 Å². The summed E-state index contributed by atoms with van der Waals surface area (Å²) >= 11 is 0. The number of rotatable bonds is 8. The summed E-state index contributed by atoms with van der Waals surface area (Å²) < 4.78 is 2.28. The molecule has 0 saturated heterocycles.